The maximum absolute atomic E-state index is 11.9. The first-order valence-electron chi connectivity index (χ1n) is 7.91. The van der Waals surface area contributed by atoms with Gasteiger partial charge < -0.3 is 15.8 Å². The molecule has 3 N–H and O–H groups in total. The van der Waals surface area contributed by atoms with Crippen LogP contribution in [0.25, 0.3) is 0 Å². The summed E-state index contributed by atoms with van der Waals surface area (Å²) in [6.07, 6.45) is 4.43. The van der Waals surface area contributed by atoms with E-state index in [2.05, 4.69) is 24.1 Å². The molecule has 1 saturated heterocycles. The minimum absolute atomic E-state index is 0.196. The van der Waals surface area contributed by atoms with Crippen LogP contribution in [-0.2, 0) is 9.53 Å². The molecule has 1 heterocycles. The van der Waals surface area contributed by atoms with Gasteiger partial charge in [0, 0.05) is 19.1 Å². The quantitative estimate of drug-likeness (QED) is 0.803. The molecule has 5 nitrogen and oxygen atoms in total. The van der Waals surface area contributed by atoms with Gasteiger partial charge in [-0.1, -0.05) is 6.92 Å². The van der Waals surface area contributed by atoms with E-state index < -0.39 is 5.54 Å². The van der Waals surface area contributed by atoms with Crippen LogP contribution < -0.4 is 11.1 Å². The van der Waals surface area contributed by atoms with Gasteiger partial charge in [-0.15, -0.1) is 0 Å². The summed E-state index contributed by atoms with van der Waals surface area (Å²) in [6.45, 7) is 8.97. The van der Waals surface area contributed by atoms with Gasteiger partial charge in [0.2, 0.25) is 5.91 Å². The Hall–Kier alpha value is -0.650. The molecule has 1 aliphatic heterocycles. The van der Waals surface area contributed by atoms with Crippen LogP contribution in [0, 0.1) is 0 Å². The van der Waals surface area contributed by atoms with Crippen molar-refractivity contribution in [2.75, 3.05) is 19.6 Å². The van der Waals surface area contributed by atoms with Gasteiger partial charge in [0.15, 0.2) is 0 Å². The number of hydrogen-bond acceptors (Lipinski definition) is 4. The fraction of sp³-hybridized carbons (Fsp3) is 0.933. The number of likely N-dealkylation sites (N-methyl/N-ethyl adjacent to an activating group) is 1. The van der Waals surface area contributed by atoms with E-state index in [0.29, 0.717) is 6.04 Å². The summed E-state index contributed by atoms with van der Waals surface area (Å²) >= 11 is 0. The van der Waals surface area contributed by atoms with Gasteiger partial charge in [-0.25, -0.2) is 0 Å². The minimum Gasteiger partial charge on any atom is -0.373 e. The van der Waals surface area contributed by atoms with Gasteiger partial charge in [0.25, 0.3) is 0 Å². The molecular weight excluding hydrogens is 254 g/mol. The Bertz CT molecular complexity index is 336. The largest absolute Gasteiger partial charge is 0.373 e. The number of carbonyl (C=O) groups excluding carboxylic acids is 1. The van der Waals surface area contributed by atoms with Gasteiger partial charge in [-0.3, -0.25) is 9.69 Å². The van der Waals surface area contributed by atoms with Crippen molar-refractivity contribution in [3.63, 3.8) is 0 Å². The third-order valence-electron chi connectivity index (χ3n) is 4.68. The van der Waals surface area contributed by atoms with Crippen molar-refractivity contribution in [2.45, 2.75) is 70.2 Å². The number of nitrogens with zero attached hydrogens (tertiary/aromatic N) is 1. The molecule has 116 valence electrons. The summed E-state index contributed by atoms with van der Waals surface area (Å²) < 4.78 is 5.81. The molecule has 4 atom stereocenters. The zero-order valence-electron chi connectivity index (χ0n) is 13.0. The van der Waals surface area contributed by atoms with Crippen molar-refractivity contribution < 1.29 is 9.53 Å². The van der Waals surface area contributed by atoms with Gasteiger partial charge in [0.1, 0.15) is 0 Å². The average Bonchev–Trinajstić information content (AvgIpc) is 2.38. The number of nitrogens with two attached hydrogens (primary N) is 1. The highest BCUT2D eigenvalue weighted by Crippen LogP contribution is 2.32. The Balaban J connectivity index is 2.07. The highest BCUT2D eigenvalue weighted by molar-refractivity contribution is 5.84. The second-order valence-electron chi connectivity index (χ2n) is 6.44. The van der Waals surface area contributed by atoms with Gasteiger partial charge in [-0.2, -0.15) is 0 Å². The second-order valence-corrected chi connectivity index (χ2v) is 6.44. The molecule has 1 aliphatic carbocycles. The molecule has 2 aliphatic rings. The number of nitrogens with one attached hydrogen (secondary N) is 1. The first kappa shape index (κ1) is 15.7. The van der Waals surface area contributed by atoms with E-state index >= 15 is 0 Å². The van der Waals surface area contributed by atoms with Crippen molar-refractivity contribution in [1.29, 1.82) is 0 Å². The summed E-state index contributed by atoms with van der Waals surface area (Å²) in [7, 11) is 0. The van der Waals surface area contributed by atoms with Crippen molar-refractivity contribution >= 4 is 5.91 Å². The Labute approximate surface area is 122 Å². The maximum atomic E-state index is 11.9. The summed E-state index contributed by atoms with van der Waals surface area (Å²) in [6, 6.07) is 0.434. The third kappa shape index (κ3) is 3.32. The summed E-state index contributed by atoms with van der Waals surface area (Å²) in [4.78, 5) is 14.4. The second kappa shape index (κ2) is 6.41. The van der Waals surface area contributed by atoms with E-state index in [4.69, 9.17) is 10.5 Å². The molecule has 1 saturated carbocycles. The SMILES string of the molecule is CCNC1(C(N)=O)CCCC(N2C[C@@H](C)O[C@@H](C)C2)C1. The lowest BCUT2D eigenvalue weighted by molar-refractivity contribution is -0.128. The molecular formula is C15H29N3O2. The molecule has 0 spiro atoms. The standard InChI is InChI=1S/C15H29N3O2/c1-4-17-15(14(16)19)7-5-6-13(8-15)18-9-11(2)20-12(3)10-18/h11-13,17H,4-10H2,1-3H3,(H2,16,19)/t11-,12+,13?,15?. The lowest BCUT2D eigenvalue weighted by Crippen LogP contribution is -2.62. The normalized spacial score (nSPS) is 39.6. The number of morpholine rings is 1. The zero-order valence-corrected chi connectivity index (χ0v) is 13.0. The Kier molecular flexibility index (Phi) is 5.04. The summed E-state index contributed by atoms with van der Waals surface area (Å²) in [5.74, 6) is -0.196. The predicted octanol–water partition coefficient (Wildman–Crippen LogP) is 0.872. The van der Waals surface area contributed by atoms with Gasteiger partial charge in [-0.05, 0) is 46.1 Å². The Morgan fingerprint density at radius 1 is 1.40 bits per heavy atom. The third-order valence-corrected chi connectivity index (χ3v) is 4.68. The molecule has 2 fully saturated rings. The van der Waals surface area contributed by atoms with Crippen LogP contribution in [0.3, 0.4) is 0 Å². The van der Waals surface area contributed by atoms with Crippen molar-refractivity contribution in [3.8, 4) is 0 Å². The Morgan fingerprint density at radius 2 is 2.05 bits per heavy atom. The first-order chi connectivity index (χ1) is 9.47. The van der Waals surface area contributed by atoms with E-state index in [1.807, 2.05) is 6.92 Å². The lowest BCUT2D eigenvalue weighted by atomic mass is 9.77. The molecule has 0 bridgehead atoms. The lowest BCUT2D eigenvalue weighted by Gasteiger charge is -2.46. The van der Waals surface area contributed by atoms with Crippen LogP contribution in [0.2, 0.25) is 0 Å². The van der Waals surface area contributed by atoms with E-state index in [1.165, 1.54) is 0 Å². The van der Waals surface area contributed by atoms with Crippen molar-refractivity contribution in [2.24, 2.45) is 5.73 Å². The average molecular weight is 283 g/mol. The number of primary amides is 1. The molecule has 2 unspecified atom stereocenters. The number of carbonyl (C=O) groups is 1. The van der Waals surface area contributed by atoms with Gasteiger partial charge >= 0.3 is 0 Å². The van der Waals surface area contributed by atoms with Crippen molar-refractivity contribution in [3.05, 3.63) is 0 Å². The van der Waals surface area contributed by atoms with Crippen LogP contribution >= 0.6 is 0 Å². The summed E-state index contributed by atoms with van der Waals surface area (Å²) in [5.41, 5.74) is 5.18. The van der Waals surface area contributed by atoms with Crippen LogP contribution in [0.1, 0.15) is 46.5 Å². The molecule has 0 aromatic rings. The number of hydrogen-bond donors (Lipinski definition) is 2. The highest BCUT2D eigenvalue weighted by Gasteiger charge is 2.43. The first-order valence-corrected chi connectivity index (χ1v) is 7.91. The van der Waals surface area contributed by atoms with Crippen LogP contribution in [0.15, 0.2) is 0 Å². The molecule has 5 heteroatoms. The monoisotopic (exact) mass is 283 g/mol. The fourth-order valence-electron chi connectivity index (χ4n) is 3.88. The minimum atomic E-state index is -0.511. The van der Waals surface area contributed by atoms with E-state index in [0.717, 1.165) is 45.3 Å². The van der Waals surface area contributed by atoms with E-state index in [1.54, 1.807) is 0 Å². The number of rotatable bonds is 4. The van der Waals surface area contributed by atoms with Crippen molar-refractivity contribution in [1.82, 2.24) is 10.2 Å². The fourth-order valence-corrected chi connectivity index (χ4v) is 3.88. The number of ether oxygens (including phenoxy) is 1. The van der Waals surface area contributed by atoms with E-state index in [9.17, 15) is 4.79 Å². The molecule has 0 radical (unpaired) electrons. The topological polar surface area (TPSA) is 67.6 Å². The molecule has 1 amide bonds. The molecule has 20 heavy (non-hydrogen) atoms. The maximum Gasteiger partial charge on any atom is 0.237 e. The van der Waals surface area contributed by atoms with E-state index in [-0.39, 0.29) is 18.1 Å². The van der Waals surface area contributed by atoms with Gasteiger partial charge in [0.05, 0.1) is 17.7 Å². The molecule has 0 aromatic carbocycles. The molecule has 0 aromatic heterocycles. The summed E-state index contributed by atoms with van der Waals surface area (Å²) in [5, 5.41) is 3.36. The Morgan fingerprint density at radius 3 is 2.60 bits per heavy atom. The predicted molar refractivity (Wildman–Crippen MR) is 79.4 cm³/mol. The highest BCUT2D eigenvalue weighted by atomic mass is 16.5. The molecule has 2 rings (SSSR count). The van der Waals surface area contributed by atoms with Crippen LogP contribution in [0.4, 0.5) is 0 Å². The smallest absolute Gasteiger partial charge is 0.237 e. The zero-order chi connectivity index (χ0) is 14.8. The number of amides is 1. The van der Waals surface area contributed by atoms with Crippen LogP contribution in [-0.4, -0.2) is 54.2 Å². The van der Waals surface area contributed by atoms with Crippen LogP contribution in [0.5, 0.6) is 0 Å².